The summed E-state index contributed by atoms with van der Waals surface area (Å²) in [6.45, 7) is 2.50. The van der Waals surface area contributed by atoms with Gasteiger partial charge in [0.1, 0.15) is 0 Å². The standard InChI is InChI=1S/C23H24ClNO3/c1-2-28-23(27)18-14-25(22(26)16-11-7-4-8-12-16)21-19(20(21)24)17(18)13-15-9-5-3-6-10-15/h3-12,17-21H,2,13-14H2,1H3/t17-,18?,19-,20?,21-/m0/s1. The molecule has 2 aromatic rings. The van der Waals surface area contributed by atoms with Crippen LogP contribution in [0.2, 0.25) is 0 Å². The zero-order valence-corrected chi connectivity index (χ0v) is 16.6. The van der Waals surface area contributed by atoms with Crippen LogP contribution in [0.15, 0.2) is 60.7 Å². The number of esters is 1. The second-order valence-corrected chi connectivity index (χ2v) is 8.05. The van der Waals surface area contributed by atoms with Crippen molar-refractivity contribution in [1.29, 1.82) is 0 Å². The van der Waals surface area contributed by atoms with Crippen LogP contribution in [-0.4, -0.2) is 41.3 Å². The number of nitrogens with zero attached hydrogens (tertiary/aromatic N) is 1. The molecule has 2 fully saturated rings. The first-order valence-electron chi connectivity index (χ1n) is 9.82. The number of hydrogen-bond donors (Lipinski definition) is 0. The summed E-state index contributed by atoms with van der Waals surface area (Å²) in [7, 11) is 0. The fourth-order valence-electron chi connectivity index (χ4n) is 4.51. The molecule has 4 nitrogen and oxygen atoms in total. The van der Waals surface area contributed by atoms with Crippen molar-refractivity contribution < 1.29 is 14.3 Å². The van der Waals surface area contributed by atoms with E-state index in [1.165, 1.54) is 5.56 Å². The number of rotatable bonds is 5. The third-order valence-electron chi connectivity index (χ3n) is 5.90. The lowest BCUT2D eigenvalue weighted by atomic mass is 9.80. The van der Waals surface area contributed by atoms with E-state index in [-0.39, 0.29) is 41.0 Å². The predicted octanol–water partition coefficient (Wildman–Crippen LogP) is 3.79. The van der Waals surface area contributed by atoms with Gasteiger partial charge in [-0.3, -0.25) is 9.59 Å². The molecule has 0 bridgehead atoms. The minimum absolute atomic E-state index is 0.0197. The van der Waals surface area contributed by atoms with Crippen molar-refractivity contribution in [3.63, 3.8) is 0 Å². The molecule has 1 amide bonds. The number of carbonyl (C=O) groups excluding carboxylic acids is 2. The lowest BCUT2D eigenvalue weighted by Crippen LogP contribution is -2.48. The van der Waals surface area contributed by atoms with Gasteiger partial charge in [0.15, 0.2) is 0 Å². The number of halogens is 1. The van der Waals surface area contributed by atoms with Crippen molar-refractivity contribution in [2.75, 3.05) is 13.2 Å². The molecule has 5 heteroatoms. The van der Waals surface area contributed by atoms with E-state index in [1.807, 2.05) is 43.3 Å². The normalized spacial score (nSPS) is 28.4. The van der Waals surface area contributed by atoms with Crippen LogP contribution in [-0.2, 0) is 16.0 Å². The fraction of sp³-hybridized carbons (Fsp3) is 0.391. The minimum Gasteiger partial charge on any atom is -0.466 e. The van der Waals surface area contributed by atoms with Gasteiger partial charge in [-0.25, -0.2) is 0 Å². The number of hydrogen-bond acceptors (Lipinski definition) is 3. The summed E-state index contributed by atoms with van der Waals surface area (Å²) in [6, 6.07) is 19.3. The number of ether oxygens (including phenoxy) is 1. The Labute approximate surface area is 170 Å². The predicted molar refractivity (Wildman–Crippen MR) is 108 cm³/mol. The monoisotopic (exact) mass is 397 g/mol. The van der Waals surface area contributed by atoms with Crippen molar-refractivity contribution in [3.8, 4) is 0 Å². The highest BCUT2D eigenvalue weighted by Gasteiger charge is 2.63. The Morgan fingerprint density at radius 1 is 1.07 bits per heavy atom. The maximum absolute atomic E-state index is 13.1. The van der Waals surface area contributed by atoms with E-state index in [0.717, 1.165) is 6.42 Å². The average molecular weight is 398 g/mol. The van der Waals surface area contributed by atoms with Crippen LogP contribution >= 0.6 is 11.6 Å². The van der Waals surface area contributed by atoms with Gasteiger partial charge in [0.05, 0.1) is 23.9 Å². The lowest BCUT2D eigenvalue weighted by molar-refractivity contribution is -0.152. The zero-order valence-electron chi connectivity index (χ0n) is 15.8. The molecule has 1 aliphatic heterocycles. The minimum atomic E-state index is -0.363. The quantitative estimate of drug-likeness (QED) is 0.569. The largest absolute Gasteiger partial charge is 0.466 e. The van der Waals surface area contributed by atoms with Gasteiger partial charge in [-0.05, 0) is 37.0 Å². The molecule has 2 aliphatic rings. The van der Waals surface area contributed by atoms with Crippen LogP contribution in [0.1, 0.15) is 22.8 Å². The van der Waals surface area contributed by atoms with E-state index in [2.05, 4.69) is 12.1 Å². The molecule has 5 atom stereocenters. The molecule has 1 saturated heterocycles. The van der Waals surface area contributed by atoms with Gasteiger partial charge in [0.2, 0.25) is 0 Å². The Bertz CT molecular complexity index is 841. The molecule has 0 radical (unpaired) electrons. The van der Waals surface area contributed by atoms with Crippen LogP contribution in [0.3, 0.4) is 0 Å². The van der Waals surface area contributed by atoms with Crippen molar-refractivity contribution in [1.82, 2.24) is 4.90 Å². The van der Waals surface area contributed by atoms with E-state index in [1.54, 1.807) is 17.0 Å². The number of benzene rings is 2. The molecule has 0 spiro atoms. The van der Waals surface area contributed by atoms with Gasteiger partial charge in [-0.15, -0.1) is 11.6 Å². The number of alkyl halides is 1. The summed E-state index contributed by atoms with van der Waals surface area (Å²) >= 11 is 6.65. The summed E-state index contributed by atoms with van der Waals surface area (Å²) in [5.41, 5.74) is 1.81. The number of amides is 1. The van der Waals surface area contributed by atoms with E-state index >= 15 is 0 Å². The van der Waals surface area contributed by atoms with E-state index in [9.17, 15) is 9.59 Å². The molecule has 2 unspecified atom stereocenters. The molecule has 146 valence electrons. The van der Waals surface area contributed by atoms with Crippen LogP contribution in [0.5, 0.6) is 0 Å². The number of likely N-dealkylation sites (tertiary alicyclic amines) is 1. The Kier molecular flexibility index (Phi) is 5.40. The van der Waals surface area contributed by atoms with Gasteiger partial charge in [-0.1, -0.05) is 48.5 Å². The van der Waals surface area contributed by atoms with Crippen LogP contribution in [0.25, 0.3) is 0 Å². The first-order valence-corrected chi connectivity index (χ1v) is 10.3. The van der Waals surface area contributed by atoms with Crippen molar-refractivity contribution in [2.45, 2.75) is 24.8 Å². The van der Waals surface area contributed by atoms with Crippen LogP contribution < -0.4 is 0 Å². The summed E-state index contributed by atoms with van der Waals surface area (Å²) in [4.78, 5) is 27.7. The van der Waals surface area contributed by atoms with Gasteiger partial charge in [-0.2, -0.15) is 0 Å². The molecule has 1 heterocycles. The third-order valence-corrected chi connectivity index (χ3v) is 6.45. The molecular formula is C23H24ClNO3. The molecule has 1 aliphatic carbocycles. The van der Waals surface area contributed by atoms with E-state index < -0.39 is 0 Å². The highest BCUT2D eigenvalue weighted by Crippen LogP contribution is 2.54. The number of carbonyl (C=O) groups is 2. The Balaban J connectivity index is 1.61. The number of piperidine rings is 1. The van der Waals surface area contributed by atoms with E-state index in [0.29, 0.717) is 18.7 Å². The third kappa shape index (κ3) is 3.53. The number of fused-ring (bicyclic) bond motifs is 1. The molecule has 0 aromatic heterocycles. The first kappa shape index (κ1) is 19.0. The topological polar surface area (TPSA) is 46.6 Å². The first-order chi connectivity index (χ1) is 13.6. The van der Waals surface area contributed by atoms with Gasteiger partial charge >= 0.3 is 5.97 Å². The lowest BCUT2D eigenvalue weighted by Gasteiger charge is -2.36. The molecule has 2 aromatic carbocycles. The van der Waals surface area contributed by atoms with Crippen LogP contribution in [0, 0.1) is 17.8 Å². The van der Waals surface area contributed by atoms with E-state index in [4.69, 9.17) is 16.3 Å². The Morgan fingerprint density at radius 2 is 1.71 bits per heavy atom. The van der Waals surface area contributed by atoms with Gasteiger partial charge < -0.3 is 9.64 Å². The summed E-state index contributed by atoms with van der Waals surface area (Å²) in [5, 5.41) is -0.124. The molecule has 0 N–H and O–H groups in total. The van der Waals surface area contributed by atoms with Gasteiger partial charge in [0, 0.05) is 18.0 Å². The molecule has 1 saturated carbocycles. The zero-order chi connectivity index (χ0) is 19.7. The van der Waals surface area contributed by atoms with Gasteiger partial charge in [0.25, 0.3) is 5.91 Å². The second-order valence-electron chi connectivity index (χ2n) is 7.55. The fourth-order valence-corrected chi connectivity index (χ4v) is 5.07. The van der Waals surface area contributed by atoms with Crippen molar-refractivity contribution in [2.24, 2.45) is 17.8 Å². The maximum Gasteiger partial charge on any atom is 0.311 e. The van der Waals surface area contributed by atoms with Crippen LogP contribution in [0.4, 0.5) is 0 Å². The molecular weight excluding hydrogens is 374 g/mol. The smallest absolute Gasteiger partial charge is 0.311 e. The highest BCUT2D eigenvalue weighted by atomic mass is 35.5. The Hall–Kier alpha value is -2.33. The summed E-state index contributed by atoms with van der Waals surface area (Å²) < 4.78 is 5.37. The molecule has 4 rings (SSSR count). The van der Waals surface area contributed by atoms with Crippen molar-refractivity contribution in [3.05, 3.63) is 71.8 Å². The Morgan fingerprint density at radius 3 is 2.36 bits per heavy atom. The summed E-state index contributed by atoms with van der Waals surface area (Å²) in [6.07, 6.45) is 0.766. The summed E-state index contributed by atoms with van der Waals surface area (Å²) in [5.74, 6) is -0.473. The van der Waals surface area contributed by atoms with Crippen molar-refractivity contribution >= 4 is 23.5 Å². The average Bonchev–Trinajstić information content (AvgIpc) is 3.40. The highest BCUT2D eigenvalue weighted by molar-refractivity contribution is 6.24. The SMILES string of the molecule is CCOC(=O)C1CN(C(=O)c2ccccc2)[C@@H]2C(Cl)[C@@H]2[C@H]1Cc1ccccc1. The maximum atomic E-state index is 13.1. The molecule has 28 heavy (non-hydrogen) atoms. The second kappa shape index (κ2) is 7.96.